The summed E-state index contributed by atoms with van der Waals surface area (Å²) < 4.78 is 5.67. The first-order valence-electron chi connectivity index (χ1n) is 7.95. The highest BCUT2D eigenvalue weighted by Gasteiger charge is 2.21. The lowest BCUT2D eigenvalue weighted by Crippen LogP contribution is -2.25. The summed E-state index contributed by atoms with van der Waals surface area (Å²) in [5.41, 5.74) is 0.985. The van der Waals surface area contributed by atoms with Crippen LogP contribution >= 0.6 is 0 Å². The molecular weight excluding hydrogens is 264 g/mol. The molecule has 118 valence electrons. The summed E-state index contributed by atoms with van der Waals surface area (Å²) in [7, 11) is 2.04. The van der Waals surface area contributed by atoms with Crippen molar-refractivity contribution >= 4 is 5.82 Å². The van der Waals surface area contributed by atoms with E-state index in [1.807, 2.05) is 19.4 Å². The maximum absolute atomic E-state index is 5.67. The summed E-state index contributed by atoms with van der Waals surface area (Å²) in [5, 5.41) is 3.39. The Hall–Kier alpha value is -1.20. The minimum atomic E-state index is 0.646. The Morgan fingerprint density at radius 2 is 2.19 bits per heavy atom. The van der Waals surface area contributed by atoms with Gasteiger partial charge < -0.3 is 15.0 Å². The molecule has 1 N–H and O–H groups in total. The Kier molecular flexibility index (Phi) is 6.39. The summed E-state index contributed by atoms with van der Waals surface area (Å²) in [4.78, 5) is 11.0. The fourth-order valence-corrected chi connectivity index (χ4v) is 2.00. The first-order valence-corrected chi connectivity index (χ1v) is 7.95. The van der Waals surface area contributed by atoms with E-state index in [4.69, 9.17) is 4.74 Å². The van der Waals surface area contributed by atoms with E-state index in [9.17, 15) is 0 Å². The number of aromatic nitrogens is 2. The number of nitrogens with one attached hydrogen (secondary N) is 1. The van der Waals surface area contributed by atoms with Crippen LogP contribution in [-0.4, -0.2) is 43.3 Å². The zero-order valence-corrected chi connectivity index (χ0v) is 13.5. The predicted molar refractivity (Wildman–Crippen MR) is 85.4 cm³/mol. The molecular formula is C16H28N4O. The van der Waals surface area contributed by atoms with Crippen LogP contribution in [0.5, 0.6) is 0 Å². The quantitative estimate of drug-likeness (QED) is 0.669. The van der Waals surface area contributed by atoms with Crippen molar-refractivity contribution in [2.24, 2.45) is 11.8 Å². The van der Waals surface area contributed by atoms with E-state index in [0.29, 0.717) is 5.92 Å². The van der Waals surface area contributed by atoms with Crippen LogP contribution in [0.2, 0.25) is 0 Å². The van der Waals surface area contributed by atoms with E-state index < -0.39 is 0 Å². The second-order valence-corrected chi connectivity index (χ2v) is 6.33. The molecule has 1 aromatic rings. The van der Waals surface area contributed by atoms with Gasteiger partial charge in [0, 0.05) is 32.9 Å². The third kappa shape index (κ3) is 6.40. The van der Waals surface area contributed by atoms with Crippen LogP contribution < -0.4 is 10.2 Å². The monoisotopic (exact) mass is 292 g/mol. The highest BCUT2D eigenvalue weighted by atomic mass is 16.5. The van der Waals surface area contributed by atoms with Crippen molar-refractivity contribution in [1.29, 1.82) is 0 Å². The fraction of sp³-hybridized carbons (Fsp3) is 0.750. The van der Waals surface area contributed by atoms with Crippen LogP contribution in [0, 0.1) is 11.8 Å². The Labute approximate surface area is 128 Å². The zero-order valence-electron chi connectivity index (χ0n) is 13.5. The maximum Gasteiger partial charge on any atom is 0.147 e. The van der Waals surface area contributed by atoms with Crippen molar-refractivity contribution in [3.05, 3.63) is 18.1 Å². The molecule has 0 aliphatic heterocycles. The summed E-state index contributed by atoms with van der Waals surface area (Å²) in [6.07, 6.45) is 6.32. The lowest BCUT2D eigenvalue weighted by Gasteiger charge is -2.18. The van der Waals surface area contributed by atoms with Crippen LogP contribution in [0.3, 0.4) is 0 Å². The average molecular weight is 292 g/mol. The number of hydrogen-bond donors (Lipinski definition) is 1. The molecule has 0 saturated heterocycles. The molecule has 1 aliphatic rings. The first kappa shape index (κ1) is 16.2. The van der Waals surface area contributed by atoms with E-state index in [-0.39, 0.29) is 0 Å². The van der Waals surface area contributed by atoms with Crippen molar-refractivity contribution in [1.82, 2.24) is 15.3 Å². The van der Waals surface area contributed by atoms with Crippen molar-refractivity contribution in [3.63, 3.8) is 0 Å². The molecule has 0 unspecified atom stereocenters. The van der Waals surface area contributed by atoms with Crippen LogP contribution in [-0.2, 0) is 11.3 Å². The van der Waals surface area contributed by atoms with E-state index in [0.717, 1.165) is 50.3 Å². The number of nitrogens with zero attached hydrogens (tertiary/aromatic N) is 3. The van der Waals surface area contributed by atoms with Crippen molar-refractivity contribution < 1.29 is 4.74 Å². The molecule has 0 aromatic carbocycles. The molecule has 1 aliphatic carbocycles. The number of rotatable bonds is 10. The SMILES string of the molecule is CC(C)CNCc1cncc(N(C)CCOCC2CC2)n1. The molecule has 1 aromatic heterocycles. The Balaban J connectivity index is 1.72. The summed E-state index contributed by atoms with van der Waals surface area (Å²) in [6.45, 7) is 8.68. The van der Waals surface area contributed by atoms with Crippen LogP contribution in [0.15, 0.2) is 12.4 Å². The molecule has 21 heavy (non-hydrogen) atoms. The summed E-state index contributed by atoms with van der Waals surface area (Å²) in [6, 6.07) is 0. The van der Waals surface area contributed by atoms with Crippen LogP contribution in [0.25, 0.3) is 0 Å². The minimum absolute atomic E-state index is 0.646. The summed E-state index contributed by atoms with van der Waals surface area (Å²) in [5.74, 6) is 2.38. The van der Waals surface area contributed by atoms with Gasteiger partial charge in [-0.3, -0.25) is 4.98 Å². The molecule has 0 radical (unpaired) electrons. The third-order valence-corrected chi connectivity index (χ3v) is 3.54. The van der Waals surface area contributed by atoms with Crippen molar-refractivity contribution in [2.45, 2.75) is 33.2 Å². The fourth-order valence-electron chi connectivity index (χ4n) is 2.00. The van der Waals surface area contributed by atoms with E-state index in [1.165, 1.54) is 12.8 Å². The highest BCUT2D eigenvalue weighted by Crippen LogP contribution is 2.28. The van der Waals surface area contributed by atoms with Crippen LogP contribution in [0.1, 0.15) is 32.4 Å². The smallest absolute Gasteiger partial charge is 0.147 e. The second kappa shape index (κ2) is 8.29. The van der Waals surface area contributed by atoms with E-state index >= 15 is 0 Å². The predicted octanol–water partition coefficient (Wildman–Crippen LogP) is 2.08. The lowest BCUT2D eigenvalue weighted by atomic mass is 10.2. The van der Waals surface area contributed by atoms with Crippen LogP contribution in [0.4, 0.5) is 5.82 Å². The Morgan fingerprint density at radius 1 is 1.38 bits per heavy atom. The van der Waals surface area contributed by atoms with Crippen molar-refractivity contribution in [2.75, 3.05) is 38.3 Å². The van der Waals surface area contributed by atoms with Crippen molar-refractivity contribution in [3.8, 4) is 0 Å². The van der Waals surface area contributed by atoms with Gasteiger partial charge in [0.25, 0.3) is 0 Å². The molecule has 1 fully saturated rings. The molecule has 5 heteroatoms. The van der Waals surface area contributed by atoms with E-state index in [2.05, 4.69) is 34.0 Å². The van der Waals surface area contributed by atoms with Gasteiger partial charge in [0.1, 0.15) is 5.82 Å². The molecule has 1 heterocycles. The zero-order chi connectivity index (χ0) is 15.1. The molecule has 0 amide bonds. The topological polar surface area (TPSA) is 50.3 Å². The van der Waals surface area contributed by atoms with Gasteiger partial charge in [-0.05, 0) is 31.2 Å². The summed E-state index contributed by atoms with van der Waals surface area (Å²) >= 11 is 0. The third-order valence-electron chi connectivity index (χ3n) is 3.54. The van der Waals surface area contributed by atoms with Gasteiger partial charge in [0.05, 0.1) is 18.5 Å². The highest BCUT2D eigenvalue weighted by molar-refractivity contribution is 5.34. The lowest BCUT2D eigenvalue weighted by molar-refractivity contribution is 0.130. The number of likely N-dealkylation sites (N-methyl/N-ethyl adjacent to an activating group) is 1. The standard InChI is InChI=1S/C16H28N4O/c1-13(2)8-17-9-15-10-18-11-16(19-15)20(3)6-7-21-12-14-4-5-14/h10-11,13-14,17H,4-9,12H2,1-3H3. The van der Waals surface area contributed by atoms with Gasteiger partial charge in [0.2, 0.25) is 0 Å². The Morgan fingerprint density at radius 3 is 2.90 bits per heavy atom. The molecule has 2 rings (SSSR count). The van der Waals surface area contributed by atoms with Gasteiger partial charge in [-0.25, -0.2) is 4.98 Å². The van der Waals surface area contributed by atoms with E-state index in [1.54, 1.807) is 0 Å². The largest absolute Gasteiger partial charge is 0.379 e. The van der Waals surface area contributed by atoms with Gasteiger partial charge in [-0.2, -0.15) is 0 Å². The van der Waals surface area contributed by atoms with Gasteiger partial charge in [-0.15, -0.1) is 0 Å². The Bertz CT molecular complexity index is 420. The second-order valence-electron chi connectivity index (χ2n) is 6.33. The van der Waals surface area contributed by atoms with Gasteiger partial charge in [-0.1, -0.05) is 13.8 Å². The minimum Gasteiger partial charge on any atom is -0.379 e. The number of hydrogen-bond acceptors (Lipinski definition) is 5. The number of ether oxygens (including phenoxy) is 1. The molecule has 0 spiro atoms. The van der Waals surface area contributed by atoms with Gasteiger partial charge >= 0.3 is 0 Å². The molecule has 0 atom stereocenters. The molecule has 0 bridgehead atoms. The first-order chi connectivity index (χ1) is 10.1. The molecule has 5 nitrogen and oxygen atoms in total. The maximum atomic E-state index is 5.67. The average Bonchev–Trinajstić information content (AvgIpc) is 3.27. The normalized spacial score (nSPS) is 14.7. The number of anilines is 1. The molecule has 1 saturated carbocycles. The van der Waals surface area contributed by atoms with Gasteiger partial charge in [0.15, 0.2) is 0 Å².